The van der Waals surface area contributed by atoms with Crippen molar-refractivity contribution in [3.05, 3.63) is 46.2 Å². The number of amides is 1. The first kappa shape index (κ1) is 23.4. The topological polar surface area (TPSA) is 106 Å². The Morgan fingerprint density at radius 1 is 1.09 bits per heavy atom. The number of hydrogen-bond acceptors (Lipinski definition) is 8. The van der Waals surface area contributed by atoms with Crippen molar-refractivity contribution < 1.29 is 23.7 Å². The van der Waals surface area contributed by atoms with Gasteiger partial charge in [-0.25, -0.2) is 0 Å². The number of anilines is 2. The monoisotopic (exact) mass is 468 g/mol. The van der Waals surface area contributed by atoms with Crippen LogP contribution in [-0.4, -0.2) is 64.0 Å². The van der Waals surface area contributed by atoms with Crippen LogP contribution in [0.15, 0.2) is 35.1 Å². The standard InChI is InChI=1S/C24H28N4O6/c1-27(12-14-7-6-8-15(9-14)28-13-16(31-2)10-19(28)29)24-25-17-11-18(32-3)21(33-4)22(34-5)20(17)23(30)26-24/h6-9,11,16H,10,12-13H2,1-5H3,(H,25,26,30)/t16-/m0/s1. The van der Waals surface area contributed by atoms with Gasteiger partial charge in [-0.1, -0.05) is 12.1 Å². The zero-order chi connectivity index (χ0) is 24.4. The number of ether oxygens (including phenoxy) is 4. The van der Waals surface area contributed by atoms with E-state index >= 15 is 0 Å². The quantitative estimate of drug-likeness (QED) is 0.537. The van der Waals surface area contributed by atoms with Gasteiger partial charge in [-0.3, -0.25) is 9.59 Å². The minimum atomic E-state index is -0.449. The van der Waals surface area contributed by atoms with Crippen LogP contribution in [0.3, 0.4) is 0 Å². The highest BCUT2D eigenvalue weighted by atomic mass is 16.5. The molecule has 10 heteroatoms. The summed E-state index contributed by atoms with van der Waals surface area (Å²) in [6.45, 7) is 0.990. The maximum Gasteiger partial charge on any atom is 0.286 e. The van der Waals surface area contributed by atoms with Crippen LogP contribution >= 0.6 is 0 Å². The van der Waals surface area contributed by atoms with Crippen LogP contribution in [0.5, 0.6) is 17.2 Å². The van der Waals surface area contributed by atoms with Gasteiger partial charge in [0.25, 0.3) is 5.56 Å². The number of methoxy groups -OCH3 is 4. The Labute approximate surface area is 197 Å². The molecule has 0 bridgehead atoms. The molecule has 1 aromatic heterocycles. The van der Waals surface area contributed by atoms with Crippen molar-refractivity contribution in [2.24, 2.45) is 0 Å². The normalized spacial score (nSPS) is 15.6. The second kappa shape index (κ2) is 9.60. The smallest absolute Gasteiger partial charge is 0.286 e. The number of carbonyl (C=O) groups is 1. The number of nitrogens with zero attached hydrogens (tertiary/aromatic N) is 3. The van der Waals surface area contributed by atoms with Crippen LogP contribution in [0.2, 0.25) is 0 Å². The molecule has 3 aromatic rings. The molecule has 1 atom stereocenters. The van der Waals surface area contributed by atoms with Crippen LogP contribution in [0.4, 0.5) is 11.6 Å². The summed E-state index contributed by atoms with van der Waals surface area (Å²) in [6, 6.07) is 9.42. The van der Waals surface area contributed by atoms with Crippen LogP contribution in [0.25, 0.3) is 10.9 Å². The molecule has 0 saturated carbocycles. The Bertz CT molecular complexity index is 1270. The number of aromatic amines is 1. The molecule has 1 amide bonds. The number of rotatable bonds is 8. The molecule has 1 fully saturated rings. The number of fused-ring (bicyclic) bond motifs is 1. The molecule has 1 aliphatic rings. The second-order valence-electron chi connectivity index (χ2n) is 8.03. The molecule has 1 aliphatic heterocycles. The van der Waals surface area contributed by atoms with Gasteiger partial charge in [0.05, 0.1) is 45.9 Å². The van der Waals surface area contributed by atoms with Crippen LogP contribution in [0.1, 0.15) is 12.0 Å². The zero-order valence-electron chi connectivity index (χ0n) is 19.9. The third kappa shape index (κ3) is 4.24. The predicted octanol–water partition coefficient (Wildman–Crippen LogP) is 2.34. The molecule has 0 unspecified atom stereocenters. The summed E-state index contributed by atoms with van der Waals surface area (Å²) in [4.78, 5) is 36.3. The van der Waals surface area contributed by atoms with Gasteiger partial charge in [0.2, 0.25) is 17.6 Å². The van der Waals surface area contributed by atoms with Crippen molar-refractivity contribution in [1.29, 1.82) is 0 Å². The third-order valence-corrected chi connectivity index (χ3v) is 5.92. The van der Waals surface area contributed by atoms with Gasteiger partial charge >= 0.3 is 0 Å². The largest absolute Gasteiger partial charge is 0.493 e. The molecule has 1 saturated heterocycles. The van der Waals surface area contributed by atoms with Gasteiger partial charge < -0.3 is 33.7 Å². The van der Waals surface area contributed by atoms with Crippen LogP contribution in [0, 0.1) is 0 Å². The van der Waals surface area contributed by atoms with Crippen molar-refractivity contribution in [2.45, 2.75) is 19.1 Å². The lowest BCUT2D eigenvalue weighted by atomic mass is 10.1. The van der Waals surface area contributed by atoms with E-state index in [1.165, 1.54) is 21.3 Å². The fraction of sp³-hybridized carbons (Fsp3) is 0.375. The first-order valence-electron chi connectivity index (χ1n) is 10.8. The highest BCUT2D eigenvalue weighted by Crippen LogP contribution is 2.41. The van der Waals surface area contributed by atoms with Gasteiger partial charge in [0.15, 0.2) is 11.5 Å². The van der Waals surface area contributed by atoms with E-state index in [1.54, 1.807) is 18.1 Å². The fourth-order valence-corrected chi connectivity index (χ4v) is 4.20. The average molecular weight is 469 g/mol. The van der Waals surface area contributed by atoms with Crippen molar-refractivity contribution in [3.8, 4) is 17.2 Å². The summed E-state index contributed by atoms with van der Waals surface area (Å²) in [5.74, 6) is 1.44. The van der Waals surface area contributed by atoms with E-state index in [-0.39, 0.29) is 23.1 Å². The van der Waals surface area contributed by atoms with E-state index in [4.69, 9.17) is 18.9 Å². The minimum Gasteiger partial charge on any atom is -0.493 e. The van der Waals surface area contributed by atoms with E-state index in [2.05, 4.69) is 9.97 Å². The summed E-state index contributed by atoms with van der Waals surface area (Å²) in [7, 11) is 7.91. The Morgan fingerprint density at radius 2 is 1.85 bits per heavy atom. The van der Waals surface area contributed by atoms with Crippen molar-refractivity contribution in [3.63, 3.8) is 0 Å². The lowest BCUT2D eigenvalue weighted by Crippen LogP contribution is -2.26. The van der Waals surface area contributed by atoms with Gasteiger partial charge in [-0.2, -0.15) is 4.98 Å². The Balaban J connectivity index is 1.65. The van der Waals surface area contributed by atoms with Crippen molar-refractivity contribution in [2.75, 3.05) is 51.8 Å². The molecule has 0 spiro atoms. The van der Waals surface area contributed by atoms with E-state index in [0.29, 0.717) is 42.5 Å². The van der Waals surface area contributed by atoms with E-state index < -0.39 is 5.56 Å². The van der Waals surface area contributed by atoms with Gasteiger partial charge in [0.1, 0.15) is 5.39 Å². The Kier molecular flexibility index (Phi) is 6.60. The number of aromatic nitrogens is 2. The van der Waals surface area contributed by atoms with Gasteiger partial charge in [0, 0.05) is 32.5 Å². The van der Waals surface area contributed by atoms with Crippen molar-refractivity contribution in [1.82, 2.24) is 9.97 Å². The Morgan fingerprint density at radius 3 is 2.50 bits per heavy atom. The zero-order valence-corrected chi connectivity index (χ0v) is 19.9. The molecule has 1 N–H and O–H groups in total. The first-order valence-corrected chi connectivity index (χ1v) is 10.8. The third-order valence-electron chi connectivity index (χ3n) is 5.92. The molecule has 180 valence electrons. The number of nitrogens with one attached hydrogen (secondary N) is 1. The van der Waals surface area contributed by atoms with Crippen LogP contribution in [-0.2, 0) is 16.1 Å². The Hall–Kier alpha value is -3.79. The summed E-state index contributed by atoms with van der Waals surface area (Å²) in [5, 5.41) is 0.277. The minimum absolute atomic E-state index is 0.0382. The molecule has 4 rings (SSSR count). The lowest BCUT2D eigenvalue weighted by molar-refractivity contribution is -0.117. The molecule has 0 aliphatic carbocycles. The van der Waals surface area contributed by atoms with Crippen LogP contribution < -0.4 is 29.6 Å². The van der Waals surface area contributed by atoms with Gasteiger partial charge in [-0.05, 0) is 17.7 Å². The predicted molar refractivity (Wildman–Crippen MR) is 128 cm³/mol. The molecule has 2 aromatic carbocycles. The maximum atomic E-state index is 12.9. The summed E-state index contributed by atoms with van der Waals surface area (Å²) in [5.41, 5.74) is 1.84. The molecular weight excluding hydrogens is 440 g/mol. The summed E-state index contributed by atoms with van der Waals surface area (Å²) in [6.07, 6.45) is 0.277. The number of hydrogen-bond donors (Lipinski definition) is 1. The van der Waals surface area contributed by atoms with E-state index in [1.807, 2.05) is 36.2 Å². The molecular formula is C24H28N4O6. The maximum absolute atomic E-state index is 12.9. The van der Waals surface area contributed by atoms with E-state index in [0.717, 1.165) is 11.3 Å². The SMILES string of the molecule is COc1cc2[nH]c(N(C)Cc3cccc(N4C[C@@H](OC)CC4=O)c3)nc(=O)c2c(OC)c1OC. The fourth-order valence-electron chi connectivity index (χ4n) is 4.20. The lowest BCUT2D eigenvalue weighted by Gasteiger charge is -2.21. The van der Waals surface area contributed by atoms with E-state index in [9.17, 15) is 9.59 Å². The highest BCUT2D eigenvalue weighted by molar-refractivity contribution is 5.96. The molecule has 10 nitrogen and oxygen atoms in total. The number of H-pyrrole nitrogens is 1. The number of carbonyl (C=O) groups excluding carboxylic acids is 1. The highest BCUT2D eigenvalue weighted by Gasteiger charge is 2.30. The molecule has 2 heterocycles. The average Bonchev–Trinajstić information content (AvgIpc) is 3.23. The van der Waals surface area contributed by atoms with Crippen molar-refractivity contribution >= 4 is 28.4 Å². The molecule has 34 heavy (non-hydrogen) atoms. The summed E-state index contributed by atoms with van der Waals surface area (Å²) >= 11 is 0. The first-order chi connectivity index (χ1) is 16.4. The molecule has 0 radical (unpaired) electrons. The van der Waals surface area contributed by atoms with Gasteiger partial charge in [-0.15, -0.1) is 0 Å². The number of benzene rings is 2. The summed E-state index contributed by atoms with van der Waals surface area (Å²) < 4.78 is 21.6. The second-order valence-corrected chi connectivity index (χ2v) is 8.03.